The number of anilines is 1. The van der Waals surface area contributed by atoms with Gasteiger partial charge in [-0.2, -0.15) is 0 Å². The third-order valence-corrected chi connectivity index (χ3v) is 6.64. The van der Waals surface area contributed by atoms with Crippen LogP contribution in [0.4, 0.5) is 15.8 Å². The summed E-state index contributed by atoms with van der Waals surface area (Å²) in [5.74, 6) is -1.11. The van der Waals surface area contributed by atoms with Gasteiger partial charge in [0, 0.05) is 7.05 Å². The number of hydrogen-bond acceptors (Lipinski definition) is 8. The molecule has 1 aliphatic rings. The van der Waals surface area contributed by atoms with E-state index >= 15 is 0 Å². The number of nitrogens with zero attached hydrogens (tertiary/aromatic N) is 2. The van der Waals surface area contributed by atoms with Crippen LogP contribution in [0.3, 0.4) is 0 Å². The van der Waals surface area contributed by atoms with Gasteiger partial charge in [0.15, 0.2) is 23.3 Å². The minimum absolute atomic E-state index is 0.0587. The van der Waals surface area contributed by atoms with Gasteiger partial charge in [-0.1, -0.05) is 24.3 Å². The summed E-state index contributed by atoms with van der Waals surface area (Å²) in [7, 11) is 3.07. The monoisotopic (exact) mass is 563 g/mol. The molecule has 0 spiro atoms. The van der Waals surface area contributed by atoms with Gasteiger partial charge in [0.2, 0.25) is 0 Å². The summed E-state index contributed by atoms with van der Waals surface area (Å²) in [5, 5.41) is 2.90. The fourth-order valence-corrected chi connectivity index (χ4v) is 4.60. The van der Waals surface area contributed by atoms with Crippen LogP contribution in [-0.4, -0.2) is 55.2 Å². The number of ether oxygens (including phenoxy) is 3. The standard InChI is InChI=1S/C29H26FN3O6S/c1-4-38-28(36)19-8-7-9-20(16-19)31-29-33(2)27(35)25(40-29)15-18-12-13-23(24(14-18)37-3)39-17-26(34)32-22-11-6-5-10-21(22)30/h5-16H,4,17H2,1-3H3,(H,32,34). The molecule has 1 saturated heterocycles. The van der Waals surface area contributed by atoms with Crippen molar-refractivity contribution in [3.05, 3.63) is 88.6 Å². The quantitative estimate of drug-likeness (QED) is 0.280. The molecule has 9 nitrogen and oxygen atoms in total. The summed E-state index contributed by atoms with van der Waals surface area (Å²) in [6.07, 6.45) is 1.69. The molecule has 40 heavy (non-hydrogen) atoms. The maximum atomic E-state index is 13.8. The Balaban J connectivity index is 1.46. The zero-order chi connectivity index (χ0) is 28.6. The van der Waals surface area contributed by atoms with Crippen LogP contribution < -0.4 is 14.8 Å². The van der Waals surface area contributed by atoms with Gasteiger partial charge in [0.1, 0.15) is 5.82 Å². The Morgan fingerprint density at radius 3 is 2.62 bits per heavy atom. The smallest absolute Gasteiger partial charge is 0.338 e. The number of para-hydroxylation sites is 1. The van der Waals surface area contributed by atoms with Gasteiger partial charge in [-0.3, -0.25) is 14.5 Å². The molecular formula is C29H26FN3O6S. The second kappa shape index (κ2) is 12.9. The largest absolute Gasteiger partial charge is 0.493 e. The third kappa shape index (κ3) is 6.86. The number of esters is 1. The molecule has 1 heterocycles. The highest BCUT2D eigenvalue weighted by Crippen LogP contribution is 2.35. The molecule has 2 amide bonds. The summed E-state index contributed by atoms with van der Waals surface area (Å²) >= 11 is 1.19. The number of halogens is 1. The maximum Gasteiger partial charge on any atom is 0.338 e. The van der Waals surface area contributed by atoms with Crippen LogP contribution >= 0.6 is 11.8 Å². The highest BCUT2D eigenvalue weighted by molar-refractivity contribution is 8.18. The van der Waals surface area contributed by atoms with E-state index < -0.39 is 17.7 Å². The lowest BCUT2D eigenvalue weighted by atomic mass is 10.2. The predicted molar refractivity (Wildman–Crippen MR) is 151 cm³/mol. The lowest BCUT2D eigenvalue weighted by Crippen LogP contribution is -2.23. The van der Waals surface area contributed by atoms with Crippen molar-refractivity contribution < 1.29 is 33.0 Å². The first-order valence-corrected chi connectivity index (χ1v) is 13.0. The van der Waals surface area contributed by atoms with Crippen LogP contribution in [0.15, 0.2) is 76.6 Å². The molecule has 11 heteroatoms. The summed E-state index contributed by atoms with van der Waals surface area (Å²) in [4.78, 5) is 43.6. The number of amidine groups is 1. The third-order valence-electron chi connectivity index (χ3n) is 5.58. The SMILES string of the molecule is CCOC(=O)c1cccc(N=C2SC(=Cc3ccc(OCC(=O)Nc4ccccc4F)c(OC)c3)C(=O)N2C)c1. The number of carbonyl (C=O) groups excluding carboxylic acids is 3. The topological polar surface area (TPSA) is 107 Å². The van der Waals surface area contributed by atoms with E-state index in [1.807, 2.05) is 0 Å². The van der Waals surface area contributed by atoms with Crippen molar-refractivity contribution in [1.82, 2.24) is 4.90 Å². The average Bonchev–Trinajstić information content (AvgIpc) is 3.21. The predicted octanol–water partition coefficient (Wildman–Crippen LogP) is 5.26. The minimum atomic E-state index is -0.547. The number of thioether (sulfide) groups is 1. The number of hydrogen-bond donors (Lipinski definition) is 1. The highest BCUT2D eigenvalue weighted by atomic mass is 32.2. The lowest BCUT2D eigenvalue weighted by molar-refractivity contribution is -0.121. The number of aliphatic imine (C=N–C) groups is 1. The van der Waals surface area contributed by atoms with Crippen molar-refractivity contribution in [1.29, 1.82) is 0 Å². The fraction of sp³-hybridized carbons (Fsp3) is 0.172. The summed E-state index contributed by atoms with van der Waals surface area (Å²) < 4.78 is 29.8. The molecule has 4 rings (SSSR count). The van der Waals surface area contributed by atoms with Crippen molar-refractivity contribution in [3.63, 3.8) is 0 Å². The van der Waals surface area contributed by atoms with Gasteiger partial charge in [0.25, 0.3) is 11.8 Å². The van der Waals surface area contributed by atoms with E-state index in [1.54, 1.807) is 68.6 Å². The molecule has 0 aliphatic carbocycles. The first-order chi connectivity index (χ1) is 19.3. The molecule has 3 aromatic carbocycles. The minimum Gasteiger partial charge on any atom is -0.493 e. The number of rotatable bonds is 9. The van der Waals surface area contributed by atoms with Gasteiger partial charge in [-0.15, -0.1) is 0 Å². The van der Waals surface area contributed by atoms with E-state index in [4.69, 9.17) is 14.2 Å². The first kappa shape index (κ1) is 28.4. The van der Waals surface area contributed by atoms with E-state index in [1.165, 1.54) is 42.0 Å². The van der Waals surface area contributed by atoms with E-state index in [0.29, 0.717) is 38.4 Å². The number of methoxy groups -OCH3 is 1. The molecule has 0 bridgehead atoms. The normalized spacial score (nSPS) is 14.9. The fourth-order valence-electron chi connectivity index (χ4n) is 3.62. The van der Waals surface area contributed by atoms with Crippen molar-refractivity contribution in [2.75, 3.05) is 32.7 Å². The van der Waals surface area contributed by atoms with Gasteiger partial charge in [-0.05, 0) is 72.8 Å². The van der Waals surface area contributed by atoms with Crippen LogP contribution in [-0.2, 0) is 14.3 Å². The Hall–Kier alpha value is -4.64. The molecule has 0 radical (unpaired) electrons. The van der Waals surface area contributed by atoms with Crippen LogP contribution in [0.25, 0.3) is 6.08 Å². The summed E-state index contributed by atoms with van der Waals surface area (Å²) in [6, 6.07) is 17.5. The Morgan fingerprint density at radius 2 is 1.88 bits per heavy atom. The molecule has 1 fully saturated rings. The second-order valence-corrected chi connectivity index (χ2v) is 9.38. The molecule has 0 atom stereocenters. The van der Waals surface area contributed by atoms with Crippen LogP contribution in [0.2, 0.25) is 0 Å². The molecule has 1 N–H and O–H groups in total. The Kier molecular flexibility index (Phi) is 9.18. The molecular weight excluding hydrogens is 537 g/mol. The zero-order valence-electron chi connectivity index (χ0n) is 22.0. The highest BCUT2D eigenvalue weighted by Gasteiger charge is 2.30. The number of carbonyl (C=O) groups is 3. The molecule has 1 aliphatic heterocycles. The Labute approximate surface area is 234 Å². The van der Waals surface area contributed by atoms with Crippen molar-refractivity contribution >= 4 is 52.2 Å². The van der Waals surface area contributed by atoms with Crippen LogP contribution in [0.5, 0.6) is 11.5 Å². The molecule has 206 valence electrons. The number of likely N-dealkylation sites (N-methyl/N-ethyl adjacent to an activating group) is 1. The number of benzene rings is 3. The van der Waals surface area contributed by atoms with Crippen molar-refractivity contribution in [2.45, 2.75) is 6.92 Å². The van der Waals surface area contributed by atoms with E-state index in [-0.39, 0.29) is 24.8 Å². The van der Waals surface area contributed by atoms with Crippen molar-refractivity contribution in [3.8, 4) is 11.5 Å². The second-order valence-electron chi connectivity index (χ2n) is 8.37. The Morgan fingerprint density at radius 1 is 1.07 bits per heavy atom. The van der Waals surface area contributed by atoms with E-state index in [2.05, 4.69) is 10.3 Å². The summed E-state index contributed by atoms with van der Waals surface area (Å²) in [6.45, 7) is 1.64. The van der Waals surface area contributed by atoms with Crippen molar-refractivity contribution in [2.24, 2.45) is 4.99 Å². The molecule has 0 unspecified atom stereocenters. The molecule has 0 saturated carbocycles. The van der Waals surface area contributed by atoms with E-state index in [0.717, 1.165) is 0 Å². The Bertz CT molecular complexity index is 1510. The van der Waals surface area contributed by atoms with Gasteiger partial charge < -0.3 is 19.5 Å². The number of amides is 2. The van der Waals surface area contributed by atoms with Crippen LogP contribution in [0.1, 0.15) is 22.8 Å². The zero-order valence-corrected chi connectivity index (χ0v) is 22.8. The van der Waals surface area contributed by atoms with Gasteiger partial charge in [0.05, 0.1) is 35.6 Å². The van der Waals surface area contributed by atoms with Gasteiger partial charge >= 0.3 is 5.97 Å². The average molecular weight is 564 g/mol. The lowest BCUT2D eigenvalue weighted by Gasteiger charge is -2.12. The van der Waals surface area contributed by atoms with E-state index in [9.17, 15) is 18.8 Å². The first-order valence-electron chi connectivity index (χ1n) is 12.2. The van der Waals surface area contributed by atoms with Gasteiger partial charge in [-0.25, -0.2) is 14.2 Å². The van der Waals surface area contributed by atoms with Crippen LogP contribution in [0, 0.1) is 5.82 Å². The molecule has 3 aromatic rings. The molecule has 0 aromatic heterocycles. The maximum absolute atomic E-state index is 13.8. The number of nitrogens with one attached hydrogen (secondary N) is 1. The summed E-state index contributed by atoms with van der Waals surface area (Å²) in [5.41, 5.74) is 1.60.